The highest BCUT2D eigenvalue weighted by Gasteiger charge is 2.39. The summed E-state index contributed by atoms with van der Waals surface area (Å²) in [5.41, 5.74) is 2.79. The zero-order chi connectivity index (χ0) is 25.4. The summed E-state index contributed by atoms with van der Waals surface area (Å²) in [6, 6.07) is 8.96. The molecule has 3 aromatic rings. The second-order valence-corrected chi connectivity index (χ2v) is 12.6. The minimum atomic E-state index is -2.99. The second-order valence-electron chi connectivity index (χ2n) is 9.27. The van der Waals surface area contributed by atoms with E-state index < -0.39 is 39.6 Å². The maximum absolute atomic E-state index is 14.1. The van der Waals surface area contributed by atoms with Crippen molar-refractivity contribution in [1.29, 1.82) is 0 Å². The summed E-state index contributed by atoms with van der Waals surface area (Å²) >= 11 is 1.33. The maximum Gasteiger partial charge on any atom is 0.307 e. The number of thiazole rings is 1. The summed E-state index contributed by atoms with van der Waals surface area (Å²) in [6.07, 6.45) is 2.01. The summed E-state index contributed by atoms with van der Waals surface area (Å²) in [6.45, 7) is 0.855. The van der Waals surface area contributed by atoms with Crippen molar-refractivity contribution < 1.29 is 27.1 Å². The molecule has 0 amide bonds. The minimum Gasteiger partial charge on any atom is -0.481 e. The molecule has 7 nitrogen and oxygen atoms in total. The van der Waals surface area contributed by atoms with E-state index in [2.05, 4.69) is 4.98 Å². The molecule has 3 heterocycles. The lowest BCUT2D eigenvalue weighted by Gasteiger charge is -2.30. The standard InChI is InChI=1S/C25H25F2N3O4S2/c26-17-3-6-20(21(12-17)25(31)32)22-23(35-24(29-22)16-11-18(27)14-28-13-16)15-1-4-19(5-2-15)30-7-9-36(33,34)10-8-30/h1-2,4-5,11,13-14,17,20-21H,3,6-10,12H2,(H,31,32)/t17-,20+,21+/m0/s1. The van der Waals surface area contributed by atoms with Gasteiger partial charge in [0.15, 0.2) is 9.84 Å². The van der Waals surface area contributed by atoms with Crippen LogP contribution in [0.15, 0.2) is 42.7 Å². The molecule has 1 aliphatic heterocycles. The molecule has 0 bridgehead atoms. The van der Waals surface area contributed by atoms with E-state index in [1.165, 1.54) is 23.6 Å². The van der Waals surface area contributed by atoms with Gasteiger partial charge in [0.1, 0.15) is 17.0 Å². The van der Waals surface area contributed by atoms with Gasteiger partial charge in [-0.25, -0.2) is 22.2 Å². The first-order valence-electron chi connectivity index (χ1n) is 11.7. The molecule has 11 heteroatoms. The first-order valence-corrected chi connectivity index (χ1v) is 14.4. The van der Waals surface area contributed by atoms with Crippen molar-refractivity contribution in [1.82, 2.24) is 9.97 Å². The Morgan fingerprint density at radius 2 is 1.81 bits per heavy atom. The lowest BCUT2D eigenvalue weighted by Crippen LogP contribution is -2.40. The fraction of sp³-hybridized carbons (Fsp3) is 0.400. The predicted octanol–water partition coefficient (Wildman–Crippen LogP) is 4.55. The number of hydrogen-bond acceptors (Lipinski definition) is 7. The molecule has 1 N–H and O–H groups in total. The molecule has 36 heavy (non-hydrogen) atoms. The fourth-order valence-electron chi connectivity index (χ4n) is 4.96. The number of halogens is 2. The van der Waals surface area contributed by atoms with E-state index in [9.17, 15) is 27.1 Å². The van der Waals surface area contributed by atoms with Crippen LogP contribution in [0.3, 0.4) is 0 Å². The largest absolute Gasteiger partial charge is 0.481 e. The van der Waals surface area contributed by atoms with Crippen LogP contribution >= 0.6 is 11.3 Å². The van der Waals surface area contributed by atoms with E-state index in [4.69, 9.17) is 4.98 Å². The lowest BCUT2D eigenvalue weighted by atomic mass is 9.76. The van der Waals surface area contributed by atoms with Gasteiger partial charge >= 0.3 is 5.97 Å². The van der Waals surface area contributed by atoms with Gasteiger partial charge in [-0.3, -0.25) is 9.78 Å². The molecule has 5 rings (SSSR count). The third kappa shape index (κ3) is 5.12. The van der Waals surface area contributed by atoms with Crippen LogP contribution < -0.4 is 4.90 Å². The van der Waals surface area contributed by atoms with Crippen LogP contribution in [0.4, 0.5) is 14.5 Å². The molecule has 2 fully saturated rings. The van der Waals surface area contributed by atoms with Crippen LogP contribution in [-0.4, -0.2) is 60.2 Å². The molecule has 1 aliphatic carbocycles. The van der Waals surface area contributed by atoms with E-state index in [1.807, 2.05) is 29.2 Å². The number of carbonyl (C=O) groups is 1. The van der Waals surface area contributed by atoms with E-state index in [-0.39, 0.29) is 24.3 Å². The van der Waals surface area contributed by atoms with Crippen molar-refractivity contribution in [2.45, 2.75) is 31.4 Å². The molecule has 0 unspecified atom stereocenters. The number of carboxylic acid groups (broad SMARTS) is 1. The third-order valence-electron chi connectivity index (χ3n) is 6.90. The number of rotatable bonds is 5. The number of sulfone groups is 1. The number of aliphatic carboxylic acids is 1. The minimum absolute atomic E-state index is 0.0649. The van der Waals surface area contributed by atoms with Crippen LogP contribution in [0.25, 0.3) is 21.0 Å². The average molecular weight is 534 g/mol. The fourth-order valence-corrected chi connectivity index (χ4v) is 7.28. The number of anilines is 1. The molecule has 190 valence electrons. The highest BCUT2D eigenvalue weighted by Crippen LogP contribution is 2.46. The Bertz CT molecular complexity index is 1360. The van der Waals surface area contributed by atoms with Gasteiger partial charge in [-0.15, -0.1) is 11.3 Å². The summed E-state index contributed by atoms with van der Waals surface area (Å²) in [4.78, 5) is 23.5. The van der Waals surface area contributed by atoms with Gasteiger partial charge in [0, 0.05) is 36.5 Å². The van der Waals surface area contributed by atoms with Gasteiger partial charge in [-0.05, 0) is 43.0 Å². The first-order chi connectivity index (χ1) is 17.2. The van der Waals surface area contributed by atoms with Crippen molar-refractivity contribution in [2.24, 2.45) is 5.92 Å². The quantitative estimate of drug-likeness (QED) is 0.513. The molecule has 2 aromatic heterocycles. The highest BCUT2D eigenvalue weighted by molar-refractivity contribution is 7.91. The molecule has 1 aromatic carbocycles. The van der Waals surface area contributed by atoms with E-state index in [1.54, 1.807) is 0 Å². The summed E-state index contributed by atoms with van der Waals surface area (Å²) in [5.74, 6) is -2.68. The average Bonchev–Trinajstić information content (AvgIpc) is 3.29. The zero-order valence-electron chi connectivity index (χ0n) is 19.3. The van der Waals surface area contributed by atoms with Gasteiger partial charge in [0.05, 0.1) is 34.2 Å². The van der Waals surface area contributed by atoms with Crippen LogP contribution in [0.1, 0.15) is 30.9 Å². The van der Waals surface area contributed by atoms with Crippen molar-refractivity contribution in [3.63, 3.8) is 0 Å². The van der Waals surface area contributed by atoms with Crippen molar-refractivity contribution >= 4 is 32.8 Å². The molecular formula is C25H25F2N3O4S2. The maximum atomic E-state index is 14.1. The molecule has 3 atom stereocenters. The lowest BCUT2D eigenvalue weighted by molar-refractivity contribution is -0.144. The van der Waals surface area contributed by atoms with Crippen LogP contribution in [0.2, 0.25) is 0 Å². The van der Waals surface area contributed by atoms with Gasteiger partial charge < -0.3 is 10.0 Å². The van der Waals surface area contributed by atoms with Gasteiger partial charge in [0.25, 0.3) is 0 Å². The molecule has 1 saturated carbocycles. The number of pyridine rings is 1. The van der Waals surface area contributed by atoms with Gasteiger partial charge in [-0.1, -0.05) is 12.1 Å². The Morgan fingerprint density at radius 3 is 2.47 bits per heavy atom. The third-order valence-corrected chi connectivity index (χ3v) is 9.68. The molecular weight excluding hydrogens is 508 g/mol. The van der Waals surface area contributed by atoms with E-state index in [0.29, 0.717) is 35.8 Å². The van der Waals surface area contributed by atoms with Crippen LogP contribution in [0.5, 0.6) is 0 Å². The predicted molar refractivity (Wildman–Crippen MR) is 134 cm³/mol. The van der Waals surface area contributed by atoms with E-state index >= 15 is 0 Å². The number of carboxylic acids is 1. The highest BCUT2D eigenvalue weighted by atomic mass is 32.2. The Kier molecular flexibility index (Phi) is 6.78. The molecule has 1 saturated heterocycles. The smallest absolute Gasteiger partial charge is 0.307 e. The monoisotopic (exact) mass is 533 g/mol. The topological polar surface area (TPSA) is 100 Å². The molecule has 0 radical (unpaired) electrons. The Morgan fingerprint density at radius 1 is 1.08 bits per heavy atom. The van der Waals surface area contributed by atoms with Crippen molar-refractivity contribution in [2.75, 3.05) is 29.5 Å². The SMILES string of the molecule is O=C(O)[C@@H]1C[C@@H](F)CC[C@H]1c1nc(-c2cncc(F)c2)sc1-c1ccc(N2CCS(=O)(=O)CC2)cc1. The Hall–Kier alpha value is -2.92. The van der Waals surface area contributed by atoms with Gasteiger partial charge in [0.2, 0.25) is 0 Å². The zero-order valence-corrected chi connectivity index (χ0v) is 20.9. The number of aromatic nitrogens is 2. The second kappa shape index (κ2) is 9.85. The number of benzene rings is 1. The van der Waals surface area contributed by atoms with Gasteiger partial charge in [-0.2, -0.15) is 0 Å². The van der Waals surface area contributed by atoms with E-state index in [0.717, 1.165) is 22.3 Å². The molecule has 0 spiro atoms. The van der Waals surface area contributed by atoms with Crippen LogP contribution in [0, 0.1) is 11.7 Å². The summed E-state index contributed by atoms with van der Waals surface area (Å²) in [7, 11) is -2.99. The Balaban J connectivity index is 1.53. The van der Waals surface area contributed by atoms with Crippen molar-refractivity contribution in [3.05, 3.63) is 54.2 Å². The summed E-state index contributed by atoms with van der Waals surface area (Å²) in [5, 5.41) is 10.3. The summed E-state index contributed by atoms with van der Waals surface area (Å²) < 4.78 is 51.5. The number of alkyl halides is 1. The number of nitrogens with zero attached hydrogens (tertiary/aromatic N) is 3. The first kappa shape index (κ1) is 24.8. The van der Waals surface area contributed by atoms with Crippen LogP contribution in [-0.2, 0) is 14.6 Å². The van der Waals surface area contributed by atoms with Crippen molar-refractivity contribution in [3.8, 4) is 21.0 Å². The number of hydrogen-bond donors (Lipinski definition) is 1. The molecule has 2 aliphatic rings. The normalized spacial score (nSPS) is 23.9. The Labute approximate surface area is 211 Å².